The summed E-state index contributed by atoms with van der Waals surface area (Å²) >= 11 is 3.10. The molecule has 2 rings (SSSR count). The molecule has 1 amide bonds. The van der Waals surface area contributed by atoms with Crippen LogP contribution in [0.1, 0.15) is 16.2 Å². The van der Waals surface area contributed by atoms with Crippen LogP contribution in [0.15, 0.2) is 22.8 Å². The lowest BCUT2D eigenvalue weighted by Crippen LogP contribution is -2.32. The number of pyridine rings is 1. The maximum atomic E-state index is 12.8. The van der Waals surface area contributed by atoms with Crippen molar-refractivity contribution in [3.8, 4) is 0 Å². The number of rotatable bonds is 1. The molecular weight excluding hydrogens is 317 g/mol. The van der Waals surface area contributed by atoms with Crippen LogP contribution in [0, 0.1) is 0 Å². The Labute approximate surface area is 107 Å². The monoisotopic (exact) mass is 322 g/mol. The van der Waals surface area contributed by atoms with Gasteiger partial charge < -0.3 is 0 Å². The summed E-state index contributed by atoms with van der Waals surface area (Å²) in [7, 11) is 0. The molecule has 0 saturated heterocycles. The minimum absolute atomic E-state index is 0.00382. The highest BCUT2D eigenvalue weighted by Gasteiger charge is 2.40. The molecule has 0 bridgehead atoms. The first kappa shape index (κ1) is 12.8. The number of alkyl halides is 3. The lowest BCUT2D eigenvalue weighted by molar-refractivity contribution is -0.141. The number of halogens is 4. The molecule has 0 aromatic carbocycles. The quantitative estimate of drug-likeness (QED) is 0.477. The largest absolute Gasteiger partial charge is 0.435 e. The Hall–Kier alpha value is -1.61. The van der Waals surface area contributed by atoms with E-state index in [1.54, 1.807) is 5.43 Å². The van der Waals surface area contributed by atoms with Gasteiger partial charge >= 0.3 is 6.18 Å². The number of hydrazine groups is 1. The van der Waals surface area contributed by atoms with Crippen LogP contribution < -0.4 is 11.3 Å². The second kappa shape index (κ2) is 4.25. The maximum absolute atomic E-state index is 12.8. The fourth-order valence-corrected chi connectivity index (χ4v) is 1.84. The minimum Gasteiger partial charge on any atom is -0.294 e. The Morgan fingerprint density at radius 1 is 1.44 bits per heavy atom. The normalized spacial score (nSPS) is 11.8. The van der Waals surface area contributed by atoms with Gasteiger partial charge in [0.05, 0.1) is 0 Å². The molecule has 0 aliphatic rings. The number of nitrogens with one attached hydrogen (secondary N) is 1. The number of hydrogen-bond acceptors (Lipinski definition) is 3. The Morgan fingerprint density at radius 3 is 2.67 bits per heavy atom. The van der Waals surface area contributed by atoms with Crippen molar-refractivity contribution in [3.05, 3.63) is 34.2 Å². The molecule has 0 radical (unpaired) electrons. The molecule has 2 heterocycles. The standard InChI is InChI=1S/C9H6BrF3N4O/c10-4-1-2-5-15-7(9(11,12)13)6(8(18)16-14)17(5)3-4/h1-3H,14H2,(H,16,18). The average molecular weight is 323 g/mol. The fraction of sp³-hybridized carbons (Fsp3) is 0.111. The molecule has 0 aliphatic carbocycles. The van der Waals surface area contributed by atoms with Crippen LogP contribution in [0.5, 0.6) is 0 Å². The van der Waals surface area contributed by atoms with Crippen molar-refractivity contribution in [3.63, 3.8) is 0 Å². The molecule has 0 saturated carbocycles. The van der Waals surface area contributed by atoms with Crippen LogP contribution >= 0.6 is 15.9 Å². The van der Waals surface area contributed by atoms with Crippen molar-refractivity contribution >= 4 is 27.5 Å². The predicted octanol–water partition coefficient (Wildman–Crippen LogP) is 1.72. The minimum atomic E-state index is -4.74. The van der Waals surface area contributed by atoms with E-state index in [0.29, 0.717) is 4.47 Å². The summed E-state index contributed by atoms with van der Waals surface area (Å²) in [5.74, 6) is 3.82. The van der Waals surface area contributed by atoms with Gasteiger partial charge in [0, 0.05) is 10.7 Å². The summed E-state index contributed by atoms with van der Waals surface area (Å²) in [6.45, 7) is 0. The summed E-state index contributed by atoms with van der Waals surface area (Å²) < 4.78 is 39.9. The molecule has 0 spiro atoms. The van der Waals surface area contributed by atoms with Gasteiger partial charge in [-0.3, -0.25) is 14.6 Å². The van der Waals surface area contributed by atoms with Crippen LogP contribution in [-0.2, 0) is 6.18 Å². The Bertz CT molecular complexity index is 622. The summed E-state index contributed by atoms with van der Waals surface area (Å²) in [6, 6.07) is 2.87. The number of fused-ring (bicyclic) bond motifs is 1. The van der Waals surface area contributed by atoms with Crippen LogP contribution in [0.4, 0.5) is 13.2 Å². The molecule has 18 heavy (non-hydrogen) atoms. The van der Waals surface area contributed by atoms with Crippen LogP contribution in [0.25, 0.3) is 5.65 Å². The number of carbonyl (C=O) groups excluding carboxylic acids is 1. The second-order valence-corrected chi connectivity index (χ2v) is 4.27. The zero-order valence-electron chi connectivity index (χ0n) is 8.62. The zero-order valence-corrected chi connectivity index (χ0v) is 10.2. The average Bonchev–Trinajstić information content (AvgIpc) is 2.66. The van der Waals surface area contributed by atoms with Gasteiger partial charge in [0.2, 0.25) is 0 Å². The molecule has 96 valence electrons. The van der Waals surface area contributed by atoms with Gasteiger partial charge in [-0.25, -0.2) is 10.8 Å². The molecule has 2 aromatic rings. The summed E-state index contributed by atoms with van der Waals surface area (Å²) in [4.78, 5) is 14.8. The number of carbonyl (C=O) groups is 1. The number of amides is 1. The van der Waals surface area contributed by atoms with Crippen molar-refractivity contribution < 1.29 is 18.0 Å². The first-order valence-electron chi connectivity index (χ1n) is 4.60. The highest BCUT2D eigenvalue weighted by molar-refractivity contribution is 9.10. The van der Waals surface area contributed by atoms with E-state index < -0.39 is 23.5 Å². The molecule has 0 fully saturated rings. The van der Waals surface area contributed by atoms with E-state index >= 15 is 0 Å². The molecule has 0 atom stereocenters. The summed E-state index contributed by atoms with van der Waals surface area (Å²) in [6.07, 6.45) is -3.43. The molecule has 3 N–H and O–H groups in total. The van der Waals surface area contributed by atoms with Crippen molar-refractivity contribution in [2.75, 3.05) is 0 Å². The predicted molar refractivity (Wildman–Crippen MR) is 59.5 cm³/mol. The number of hydrogen-bond donors (Lipinski definition) is 2. The number of nitrogens with zero attached hydrogens (tertiary/aromatic N) is 2. The lowest BCUT2D eigenvalue weighted by Gasteiger charge is -2.06. The third-order valence-corrected chi connectivity index (χ3v) is 2.67. The SMILES string of the molecule is NNC(=O)c1c(C(F)(F)F)nc2ccc(Br)cn12. The van der Waals surface area contributed by atoms with Gasteiger partial charge in [-0.1, -0.05) is 0 Å². The Balaban J connectivity index is 2.82. The molecular formula is C9H6BrF3N4O. The van der Waals surface area contributed by atoms with Crippen LogP contribution in [0.3, 0.4) is 0 Å². The molecule has 2 aromatic heterocycles. The summed E-state index contributed by atoms with van der Waals surface area (Å²) in [5, 5.41) is 0. The first-order chi connectivity index (χ1) is 8.34. The Kier molecular flexibility index (Phi) is 3.03. The highest BCUT2D eigenvalue weighted by atomic mass is 79.9. The van der Waals surface area contributed by atoms with Crippen molar-refractivity contribution in [2.45, 2.75) is 6.18 Å². The topological polar surface area (TPSA) is 72.4 Å². The van der Waals surface area contributed by atoms with Gasteiger partial charge in [-0.05, 0) is 28.1 Å². The van der Waals surface area contributed by atoms with E-state index in [4.69, 9.17) is 5.84 Å². The van der Waals surface area contributed by atoms with E-state index in [1.165, 1.54) is 18.3 Å². The molecule has 0 aliphatic heterocycles. The van der Waals surface area contributed by atoms with Gasteiger partial charge in [0.25, 0.3) is 5.91 Å². The van der Waals surface area contributed by atoms with Gasteiger partial charge in [0.1, 0.15) is 11.3 Å². The van der Waals surface area contributed by atoms with E-state index in [0.717, 1.165) is 4.40 Å². The van der Waals surface area contributed by atoms with E-state index in [-0.39, 0.29) is 5.65 Å². The van der Waals surface area contributed by atoms with E-state index in [2.05, 4.69) is 20.9 Å². The van der Waals surface area contributed by atoms with Gasteiger partial charge in [-0.2, -0.15) is 13.2 Å². The summed E-state index contributed by atoms with van der Waals surface area (Å²) in [5.41, 5.74) is -0.246. The second-order valence-electron chi connectivity index (χ2n) is 3.36. The fourth-order valence-electron chi connectivity index (χ4n) is 1.50. The number of nitrogen functional groups attached to an aromatic ring is 1. The van der Waals surface area contributed by atoms with Gasteiger partial charge in [-0.15, -0.1) is 0 Å². The number of nitrogens with two attached hydrogens (primary N) is 1. The smallest absolute Gasteiger partial charge is 0.294 e. The van der Waals surface area contributed by atoms with Crippen LogP contribution in [-0.4, -0.2) is 15.3 Å². The molecule has 0 unspecified atom stereocenters. The van der Waals surface area contributed by atoms with Crippen LogP contribution in [0.2, 0.25) is 0 Å². The highest BCUT2D eigenvalue weighted by Crippen LogP contribution is 2.32. The van der Waals surface area contributed by atoms with Crippen molar-refractivity contribution in [1.82, 2.24) is 14.8 Å². The molecule has 5 nitrogen and oxygen atoms in total. The lowest BCUT2D eigenvalue weighted by atomic mass is 10.3. The van der Waals surface area contributed by atoms with E-state index in [9.17, 15) is 18.0 Å². The number of imidazole rings is 1. The zero-order chi connectivity index (χ0) is 13.5. The third kappa shape index (κ3) is 2.06. The Morgan fingerprint density at radius 2 is 2.11 bits per heavy atom. The molecule has 9 heteroatoms. The number of aromatic nitrogens is 2. The van der Waals surface area contributed by atoms with Crippen molar-refractivity contribution in [2.24, 2.45) is 5.84 Å². The van der Waals surface area contributed by atoms with Crippen molar-refractivity contribution in [1.29, 1.82) is 0 Å². The van der Waals surface area contributed by atoms with E-state index in [1.807, 2.05) is 0 Å². The third-order valence-electron chi connectivity index (χ3n) is 2.20. The van der Waals surface area contributed by atoms with Gasteiger partial charge in [0.15, 0.2) is 5.69 Å². The maximum Gasteiger partial charge on any atom is 0.435 e. The first-order valence-corrected chi connectivity index (χ1v) is 5.39.